The van der Waals surface area contributed by atoms with Crippen molar-refractivity contribution < 1.29 is 9.59 Å². The van der Waals surface area contributed by atoms with Crippen LogP contribution in [0.5, 0.6) is 0 Å². The van der Waals surface area contributed by atoms with Crippen molar-refractivity contribution in [2.24, 2.45) is 0 Å². The molecule has 0 saturated carbocycles. The summed E-state index contributed by atoms with van der Waals surface area (Å²) in [4.78, 5) is 28.2. The summed E-state index contributed by atoms with van der Waals surface area (Å²) < 4.78 is 0. The second kappa shape index (κ2) is 8.96. The highest BCUT2D eigenvalue weighted by molar-refractivity contribution is 6.30. The number of hydrogen-bond acceptors (Lipinski definition) is 3. The second-order valence-electron chi connectivity index (χ2n) is 5.86. The summed E-state index contributed by atoms with van der Waals surface area (Å²) >= 11 is 5.79. The lowest BCUT2D eigenvalue weighted by molar-refractivity contribution is -0.116. The molecule has 0 atom stereocenters. The Morgan fingerprint density at radius 3 is 2.30 bits per heavy atom. The number of halogens is 1. The maximum absolute atomic E-state index is 12.0. The molecule has 3 aromatic rings. The fraction of sp³-hybridized carbons (Fsp3) is 0.0952. The third-order valence-corrected chi connectivity index (χ3v) is 4.13. The third kappa shape index (κ3) is 5.39. The number of nitrogens with one attached hydrogen (secondary N) is 2. The van der Waals surface area contributed by atoms with Crippen molar-refractivity contribution >= 4 is 29.2 Å². The summed E-state index contributed by atoms with van der Waals surface area (Å²) in [5.74, 6) is 0.0138. The van der Waals surface area contributed by atoms with Crippen molar-refractivity contribution in [3.05, 3.63) is 83.5 Å². The monoisotopic (exact) mass is 379 g/mol. The molecule has 3 rings (SSSR count). The Labute approximate surface area is 162 Å². The maximum Gasteiger partial charge on any atom is 0.251 e. The molecule has 0 saturated heterocycles. The van der Waals surface area contributed by atoms with Crippen molar-refractivity contribution in [3.63, 3.8) is 0 Å². The Balaban J connectivity index is 1.46. The van der Waals surface area contributed by atoms with Crippen molar-refractivity contribution in [2.75, 3.05) is 11.9 Å². The molecule has 0 aliphatic heterocycles. The number of rotatable bonds is 6. The molecule has 0 radical (unpaired) electrons. The zero-order chi connectivity index (χ0) is 19.1. The molecule has 0 unspecified atom stereocenters. The van der Waals surface area contributed by atoms with Gasteiger partial charge in [0.1, 0.15) is 5.82 Å². The summed E-state index contributed by atoms with van der Waals surface area (Å²) in [6, 6.07) is 20.1. The molecule has 1 heterocycles. The first kappa shape index (κ1) is 18.6. The molecule has 2 amide bonds. The molecule has 2 N–H and O–H groups in total. The van der Waals surface area contributed by atoms with E-state index < -0.39 is 0 Å². The molecule has 1 aromatic heterocycles. The fourth-order valence-electron chi connectivity index (χ4n) is 2.47. The van der Waals surface area contributed by atoms with Gasteiger partial charge in [0.15, 0.2) is 0 Å². The van der Waals surface area contributed by atoms with Gasteiger partial charge in [0, 0.05) is 35.3 Å². The van der Waals surface area contributed by atoms with E-state index in [1.165, 1.54) is 0 Å². The standard InChI is InChI=1S/C21H18ClN3O2/c22-18-9-6-16(7-10-18)21(27)23-13-12-20(26)25-19-11-8-17(14-24-19)15-4-2-1-3-5-15/h1-11,14H,12-13H2,(H,23,27)(H,24,25,26). The Morgan fingerprint density at radius 1 is 0.889 bits per heavy atom. The SMILES string of the molecule is O=C(CCNC(=O)c1ccc(Cl)cc1)Nc1ccc(-c2ccccc2)cn1. The molecule has 6 heteroatoms. The van der Waals surface area contributed by atoms with Crippen LogP contribution in [0.4, 0.5) is 5.82 Å². The lowest BCUT2D eigenvalue weighted by Gasteiger charge is -2.07. The van der Waals surface area contributed by atoms with Gasteiger partial charge in [-0.15, -0.1) is 0 Å². The van der Waals surface area contributed by atoms with E-state index in [4.69, 9.17) is 11.6 Å². The van der Waals surface area contributed by atoms with Crippen LogP contribution in [0.3, 0.4) is 0 Å². The van der Waals surface area contributed by atoms with Gasteiger partial charge >= 0.3 is 0 Å². The molecule has 2 aromatic carbocycles. The Bertz CT molecular complexity index is 910. The van der Waals surface area contributed by atoms with Crippen LogP contribution in [0.25, 0.3) is 11.1 Å². The molecule has 0 spiro atoms. The number of aromatic nitrogens is 1. The second-order valence-corrected chi connectivity index (χ2v) is 6.30. The summed E-state index contributed by atoms with van der Waals surface area (Å²) in [5.41, 5.74) is 2.54. The van der Waals surface area contributed by atoms with E-state index in [0.717, 1.165) is 11.1 Å². The smallest absolute Gasteiger partial charge is 0.251 e. The first-order valence-corrected chi connectivity index (χ1v) is 8.85. The number of benzene rings is 2. The van der Waals surface area contributed by atoms with Gasteiger partial charge < -0.3 is 10.6 Å². The molecule has 27 heavy (non-hydrogen) atoms. The number of anilines is 1. The number of pyridine rings is 1. The Hall–Kier alpha value is -3.18. The van der Waals surface area contributed by atoms with Gasteiger partial charge in [-0.1, -0.05) is 41.9 Å². The van der Waals surface area contributed by atoms with Crippen LogP contribution in [0, 0.1) is 0 Å². The quantitative estimate of drug-likeness (QED) is 0.675. The number of hydrogen-bond donors (Lipinski definition) is 2. The van der Waals surface area contributed by atoms with Gasteiger partial charge in [-0.25, -0.2) is 4.98 Å². The summed E-state index contributed by atoms with van der Waals surface area (Å²) in [6.07, 6.45) is 1.87. The van der Waals surface area contributed by atoms with E-state index in [1.54, 1.807) is 36.5 Å². The van der Waals surface area contributed by atoms with Crippen molar-refractivity contribution in [2.45, 2.75) is 6.42 Å². The van der Waals surface area contributed by atoms with E-state index in [0.29, 0.717) is 16.4 Å². The summed E-state index contributed by atoms with van der Waals surface area (Å²) in [6.45, 7) is 0.232. The first-order valence-electron chi connectivity index (χ1n) is 8.47. The zero-order valence-electron chi connectivity index (χ0n) is 14.5. The molecular formula is C21H18ClN3O2. The van der Waals surface area contributed by atoms with E-state index in [-0.39, 0.29) is 24.8 Å². The average molecular weight is 380 g/mol. The van der Waals surface area contributed by atoms with Crippen LogP contribution < -0.4 is 10.6 Å². The van der Waals surface area contributed by atoms with E-state index in [1.807, 2.05) is 36.4 Å². The van der Waals surface area contributed by atoms with E-state index in [9.17, 15) is 9.59 Å². The zero-order valence-corrected chi connectivity index (χ0v) is 15.2. The van der Waals surface area contributed by atoms with Gasteiger partial charge in [0.05, 0.1) is 0 Å². The number of carbonyl (C=O) groups is 2. The normalized spacial score (nSPS) is 10.3. The fourth-order valence-corrected chi connectivity index (χ4v) is 2.59. The molecule has 0 bridgehead atoms. The lowest BCUT2D eigenvalue weighted by atomic mass is 10.1. The van der Waals surface area contributed by atoms with Crippen molar-refractivity contribution in [1.29, 1.82) is 0 Å². The molecule has 136 valence electrons. The minimum absolute atomic E-state index is 0.154. The Kier molecular flexibility index (Phi) is 6.18. The molecule has 0 aliphatic carbocycles. The van der Waals surface area contributed by atoms with Gasteiger partial charge in [-0.3, -0.25) is 9.59 Å². The minimum atomic E-state index is -0.246. The molecular weight excluding hydrogens is 362 g/mol. The highest BCUT2D eigenvalue weighted by atomic mass is 35.5. The summed E-state index contributed by atoms with van der Waals surface area (Å²) in [5, 5.41) is 5.99. The largest absolute Gasteiger partial charge is 0.352 e. The van der Waals surface area contributed by atoms with Crippen LogP contribution in [-0.2, 0) is 4.79 Å². The molecule has 5 nitrogen and oxygen atoms in total. The first-order chi connectivity index (χ1) is 13.1. The van der Waals surface area contributed by atoms with Crippen molar-refractivity contribution in [1.82, 2.24) is 10.3 Å². The lowest BCUT2D eigenvalue weighted by Crippen LogP contribution is -2.27. The van der Waals surface area contributed by atoms with Crippen LogP contribution in [0.2, 0.25) is 5.02 Å². The van der Waals surface area contributed by atoms with Crippen LogP contribution in [0.1, 0.15) is 16.8 Å². The average Bonchev–Trinajstić information content (AvgIpc) is 2.69. The maximum atomic E-state index is 12.0. The van der Waals surface area contributed by atoms with Gasteiger partial charge in [0.25, 0.3) is 5.91 Å². The number of carbonyl (C=O) groups excluding carboxylic acids is 2. The number of nitrogens with zero attached hydrogens (tertiary/aromatic N) is 1. The number of amides is 2. The predicted molar refractivity (Wildman–Crippen MR) is 107 cm³/mol. The van der Waals surface area contributed by atoms with E-state index >= 15 is 0 Å². The predicted octanol–water partition coefficient (Wildman–Crippen LogP) is 4.16. The van der Waals surface area contributed by atoms with Crippen LogP contribution in [0.15, 0.2) is 72.9 Å². The highest BCUT2D eigenvalue weighted by Gasteiger charge is 2.07. The highest BCUT2D eigenvalue weighted by Crippen LogP contribution is 2.19. The van der Waals surface area contributed by atoms with Gasteiger partial charge in [0.2, 0.25) is 5.91 Å². The van der Waals surface area contributed by atoms with Crippen molar-refractivity contribution in [3.8, 4) is 11.1 Å². The van der Waals surface area contributed by atoms with Gasteiger partial charge in [-0.05, 0) is 42.0 Å². The molecule has 0 aliphatic rings. The Morgan fingerprint density at radius 2 is 1.63 bits per heavy atom. The minimum Gasteiger partial charge on any atom is -0.352 e. The van der Waals surface area contributed by atoms with Crippen LogP contribution >= 0.6 is 11.6 Å². The van der Waals surface area contributed by atoms with E-state index in [2.05, 4.69) is 15.6 Å². The van der Waals surface area contributed by atoms with Gasteiger partial charge in [-0.2, -0.15) is 0 Å². The third-order valence-electron chi connectivity index (χ3n) is 3.88. The van der Waals surface area contributed by atoms with Crippen LogP contribution in [-0.4, -0.2) is 23.3 Å². The summed E-state index contributed by atoms with van der Waals surface area (Å²) in [7, 11) is 0. The molecule has 0 fully saturated rings. The topological polar surface area (TPSA) is 71.1 Å².